The monoisotopic (exact) mass is 427 g/mol. The van der Waals surface area contributed by atoms with Crippen LogP contribution in [0.25, 0.3) is 16.9 Å². The lowest BCUT2D eigenvalue weighted by Gasteiger charge is -2.13. The van der Waals surface area contributed by atoms with Crippen molar-refractivity contribution in [2.24, 2.45) is 0 Å². The van der Waals surface area contributed by atoms with Gasteiger partial charge < -0.3 is 9.14 Å². The summed E-state index contributed by atoms with van der Waals surface area (Å²) < 4.78 is 35.4. The molecular weight excluding hydrogens is 410 g/mol. The predicted octanol–water partition coefficient (Wildman–Crippen LogP) is 4.77. The third kappa shape index (κ3) is 3.79. The zero-order valence-corrected chi connectivity index (χ0v) is 17.3. The third-order valence-electron chi connectivity index (χ3n) is 4.58. The fraction of sp³-hybridized carbons (Fsp3) is 0.0952. The smallest absolute Gasteiger partial charge is 0.261 e. The van der Waals surface area contributed by atoms with Crippen molar-refractivity contribution in [3.05, 3.63) is 77.6 Å². The average molecular weight is 428 g/mol. The summed E-state index contributed by atoms with van der Waals surface area (Å²) in [6, 6.07) is 15.6. The van der Waals surface area contributed by atoms with E-state index in [0.717, 1.165) is 22.5 Å². The molecule has 2 heterocycles. The number of methoxy groups -OCH3 is 1. The molecule has 0 atom stereocenters. The molecular formula is C21H18ClN3O3S. The second-order valence-corrected chi connectivity index (χ2v) is 8.61. The van der Waals surface area contributed by atoms with Crippen molar-refractivity contribution in [2.45, 2.75) is 11.8 Å². The molecule has 8 heteroatoms. The highest BCUT2D eigenvalue weighted by Crippen LogP contribution is 2.30. The van der Waals surface area contributed by atoms with Crippen molar-refractivity contribution in [3.63, 3.8) is 0 Å². The molecule has 0 saturated heterocycles. The van der Waals surface area contributed by atoms with Crippen LogP contribution in [0.1, 0.15) is 5.56 Å². The number of nitrogens with one attached hydrogen (secondary N) is 1. The van der Waals surface area contributed by atoms with Gasteiger partial charge in [-0.15, -0.1) is 0 Å². The Labute approximate surface area is 173 Å². The molecule has 0 radical (unpaired) electrons. The summed E-state index contributed by atoms with van der Waals surface area (Å²) in [7, 11) is -2.35. The number of imidazole rings is 1. The van der Waals surface area contributed by atoms with Gasteiger partial charge in [0.2, 0.25) is 0 Å². The van der Waals surface area contributed by atoms with Gasteiger partial charge in [0.25, 0.3) is 10.0 Å². The van der Waals surface area contributed by atoms with E-state index in [9.17, 15) is 8.42 Å². The van der Waals surface area contributed by atoms with Crippen molar-refractivity contribution in [3.8, 4) is 17.0 Å². The van der Waals surface area contributed by atoms with E-state index < -0.39 is 10.0 Å². The van der Waals surface area contributed by atoms with E-state index in [1.807, 2.05) is 54.0 Å². The summed E-state index contributed by atoms with van der Waals surface area (Å²) in [4.78, 5) is 4.65. The van der Waals surface area contributed by atoms with E-state index in [1.54, 1.807) is 6.07 Å². The number of aromatic nitrogens is 2. The lowest BCUT2D eigenvalue weighted by atomic mass is 10.1. The molecule has 0 saturated carbocycles. The first-order valence-corrected chi connectivity index (χ1v) is 10.6. The van der Waals surface area contributed by atoms with Crippen LogP contribution in [0.2, 0.25) is 5.02 Å². The number of ether oxygens (including phenoxy) is 1. The Kier molecular flexibility index (Phi) is 4.94. The summed E-state index contributed by atoms with van der Waals surface area (Å²) in [6.45, 7) is 1.84. The fourth-order valence-electron chi connectivity index (χ4n) is 2.98. The average Bonchev–Trinajstić information content (AvgIpc) is 3.13. The number of fused-ring (bicyclic) bond motifs is 1. The van der Waals surface area contributed by atoms with Crippen LogP contribution in [-0.2, 0) is 10.0 Å². The van der Waals surface area contributed by atoms with Crippen molar-refractivity contribution in [1.82, 2.24) is 9.38 Å². The van der Waals surface area contributed by atoms with Gasteiger partial charge in [0, 0.05) is 18.0 Å². The van der Waals surface area contributed by atoms with Crippen LogP contribution >= 0.6 is 11.6 Å². The van der Waals surface area contributed by atoms with Gasteiger partial charge in [-0.25, -0.2) is 13.4 Å². The van der Waals surface area contributed by atoms with Gasteiger partial charge in [-0.2, -0.15) is 0 Å². The van der Waals surface area contributed by atoms with Crippen LogP contribution in [0.5, 0.6) is 5.75 Å². The SMILES string of the molecule is COc1ccc(S(=O)(=O)Nc2cc(-c3cn4ccccc4n3)ccc2C)cc1Cl. The summed E-state index contributed by atoms with van der Waals surface area (Å²) in [5.41, 5.74) is 3.65. The molecule has 0 bridgehead atoms. The first kappa shape index (κ1) is 19.3. The van der Waals surface area contributed by atoms with Gasteiger partial charge >= 0.3 is 0 Å². The van der Waals surface area contributed by atoms with Crippen LogP contribution in [0, 0.1) is 6.92 Å². The molecule has 2 aromatic carbocycles. The lowest BCUT2D eigenvalue weighted by Crippen LogP contribution is -2.14. The zero-order valence-electron chi connectivity index (χ0n) is 15.8. The second kappa shape index (κ2) is 7.42. The van der Waals surface area contributed by atoms with E-state index in [-0.39, 0.29) is 9.92 Å². The van der Waals surface area contributed by atoms with Gasteiger partial charge in [0.1, 0.15) is 11.4 Å². The summed E-state index contributed by atoms with van der Waals surface area (Å²) in [5, 5.41) is 0.227. The Balaban J connectivity index is 1.70. The number of hydrogen-bond donors (Lipinski definition) is 1. The Hall–Kier alpha value is -3.03. The van der Waals surface area contributed by atoms with Gasteiger partial charge in [-0.05, 0) is 48.9 Å². The zero-order chi connectivity index (χ0) is 20.6. The third-order valence-corrected chi connectivity index (χ3v) is 6.23. The van der Waals surface area contributed by atoms with Crippen LogP contribution < -0.4 is 9.46 Å². The first-order chi connectivity index (χ1) is 13.9. The maximum absolute atomic E-state index is 12.9. The molecule has 0 aliphatic rings. The number of sulfonamides is 1. The Bertz CT molecular complexity index is 1280. The number of rotatable bonds is 5. The highest BCUT2D eigenvalue weighted by atomic mass is 35.5. The molecule has 2 aromatic heterocycles. The molecule has 6 nitrogen and oxygen atoms in total. The maximum Gasteiger partial charge on any atom is 0.261 e. The highest BCUT2D eigenvalue weighted by Gasteiger charge is 2.18. The van der Waals surface area contributed by atoms with Crippen LogP contribution in [0.4, 0.5) is 5.69 Å². The number of anilines is 1. The fourth-order valence-corrected chi connectivity index (χ4v) is 4.45. The molecule has 0 aliphatic carbocycles. The minimum atomic E-state index is -3.82. The van der Waals surface area contributed by atoms with Gasteiger partial charge in [0.05, 0.1) is 28.4 Å². The Morgan fingerprint density at radius 3 is 2.66 bits per heavy atom. The molecule has 0 amide bonds. The summed E-state index contributed by atoms with van der Waals surface area (Å²) in [6.07, 6.45) is 3.82. The van der Waals surface area contributed by atoms with Crippen LogP contribution in [0.3, 0.4) is 0 Å². The van der Waals surface area contributed by atoms with E-state index >= 15 is 0 Å². The quantitative estimate of drug-likeness (QED) is 0.497. The van der Waals surface area contributed by atoms with Crippen molar-refractivity contribution >= 4 is 33.0 Å². The molecule has 1 N–H and O–H groups in total. The highest BCUT2D eigenvalue weighted by molar-refractivity contribution is 7.92. The second-order valence-electron chi connectivity index (χ2n) is 6.52. The van der Waals surface area contributed by atoms with E-state index in [1.165, 1.54) is 25.3 Å². The number of benzene rings is 2. The van der Waals surface area contributed by atoms with Crippen molar-refractivity contribution in [2.75, 3.05) is 11.8 Å². The molecule has 29 heavy (non-hydrogen) atoms. The van der Waals surface area contributed by atoms with Crippen molar-refractivity contribution < 1.29 is 13.2 Å². The number of aryl methyl sites for hydroxylation is 1. The minimum Gasteiger partial charge on any atom is -0.495 e. The number of hydrogen-bond acceptors (Lipinski definition) is 4. The standard InChI is InChI=1S/C21H18ClN3O3S/c1-14-6-7-15(19-13-25-10-4-3-5-21(25)23-19)11-18(14)24-29(26,27)16-8-9-20(28-2)17(22)12-16/h3-13,24H,1-2H3. The first-order valence-electron chi connectivity index (χ1n) is 8.78. The van der Waals surface area contributed by atoms with Crippen molar-refractivity contribution in [1.29, 1.82) is 0 Å². The minimum absolute atomic E-state index is 0.0563. The predicted molar refractivity (Wildman–Crippen MR) is 114 cm³/mol. The molecule has 0 aliphatic heterocycles. The molecule has 0 fully saturated rings. The maximum atomic E-state index is 12.9. The largest absolute Gasteiger partial charge is 0.495 e. The summed E-state index contributed by atoms with van der Waals surface area (Å²) in [5.74, 6) is 0.413. The molecule has 0 spiro atoms. The van der Waals surface area contributed by atoms with E-state index in [4.69, 9.17) is 16.3 Å². The Morgan fingerprint density at radius 1 is 1.10 bits per heavy atom. The molecule has 4 rings (SSSR count). The number of pyridine rings is 1. The molecule has 4 aromatic rings. The lowest BCUT2D eigenvalue weighted by molar-refractivity contribution is 0.414. The van der Waals surface area contributed by atoms with E-state index in [2.05, 4.69) is 9.71 Å². The molecule has 0 unspecified atom stereocenters. The van der Waals surface area contributed by atoms with Crippen LogP contribution in [-0.4, -0.2) is 24.9 Å². The number of halogens is 1. The molecule has 148 valence electrons. The normalized spacial score (nSPS) is 11.6. The number of nitrogens with zero attached hydrogens (tertiary/aromatic N) is 2. The van der Waals surface area contributed by atoms with Gasteiger partial charge in [-0.3, -0.25) is 4.72 Å². The van der Waals surface area contributed by atoms with Crippen LogP contribution in [0.15, 0.2) is 71.9 Å². The summed E-state index contributed by atoms with van der Waals surface area (Å²) >= 11 is 6.09. The van der Waals surface area contributed by atoms with Gasteiger partial charge in [0.15, 0.2) is 0 Å². The van der Waals surface area contributed by atoms with E-state index in [0.29, 0.717) is 11.4 Å². The Morgan fingerprint density at radius 2 is 1.93 bits per heavy atom. The topological polar surface area (TPSA) is 72.7 Å². The van der Waals surface area contributed by atoms with Gasteiger partial charge in [-0.1, -0.05) is 29.8 Å².